The lowest BCUT2D eigenvalue weighted by Gasteiger charge is -2.16. The van der Waals surface area contributed by atoms with E-state index < -0.39 is 0 Å². The summed E-state index contributed by atoms with van der Waals surface area (Å²) in [6.45, 7) is 1.54. The highest BCUT2D eigenvalue weighted by Crippen LogP contribution is 2.21. The molecule has 0 radical (unpaired) electrons. The maximum Gasteiger partial charge on any atom is 0.251 e. The second-order valence-corrected chi connectivity index (χ2v) is 8.01. The third-order valence-corrected chi connectivity index (χ3v) is 5.69. The second kappa shape index (κ2) is 9.16. The van der Waals surface area contributed by atoms with Crippen molar-refractivity contribution in [1.29, 1.82) is 0 Å². The fourth-order valence-electron chi connectivity index (χ4n) is 3.92. The van der Waals surface area contributed by atoms with E-state index in [4.69, 9.17) is 4.74 Å². The molecule has 1 N–H and O–H groups in total. The van der Waals surface area contributed by atoms with Gasteiger partial charge in [-0.05, 0) is 60.5 Å². The summed E-state index contributed by atoms with van der Waals surface area (Å²) in [5.41, 5.74) is 4.16. The standard InChI is InChI=1S/C26H24N4O3/c31-25-5-3-15-30(25)22-10-6-19(7-11-22)16-27-26(32)20-8-12-23(13-9-20)33-18-21-17-29-14-2-1-4-24(29)28-21/h1-2,4,6-14,17H,3,5,15-16,18H2,(H,27,32). The van der Waals surface area contributed by atoms with Crippen molar-refractivity contribution in [2.24, 2.45) is 0 Å². The van der Waals surface area contributed by atoms with Crippen LogP contribution in [0.1, 0.15) is 34.5 Å². The van der Waals surface area contributed by atoms with Crippen LogP contribution in [0.4, 0.5) is 5.69 Å². The molecular weight excluding hydrogens is 416 g/mol. The zero-order valence-corrected chi connectivity index (χ0v) is 18.1. The van der Waals surface area contributed by atoms with Gasteiger partial charge in [-0.1, -0.05) is 18.2 Å². The number of nitrogens with zero attached hydrogens (tertiary/aromatic N) is 3. The normalized spacial score (nSPS) is 13.5. The molecular formula is C26H24N4O3. The molecule has 7 nitrogen and oxygen atoms in total. The predicted molar refractivity (Wildman–Crippen MR) is 125 cm³/mol. The summed E-state index contributed by atoms with van der Waals surface area (Å²) in [6, 6.07) is 20.7. The Balaban J connectivity index is 1.13. The van der Waals surface area contributed by atoms with Crippen LogP contribution in [-0.2, 0) is 17.9 Å². The number of amides is 2. The number of pyridine rings is 1. The van der Waals surface area contributed by atoms with Crippen molar-refractivity contribution >= 4 is 23.1 Å². The third kappa shape index (κ3) is 4.72. The first-order valence-electron chi connectivity index (χ1n) is 11.0. The van der Waals surface area contributed by atoms with E-state index in [1.807, 2.05) is 59.3 Å². The number of anilines is 1. The van der Waals surface area contributed by atoms with Crippen LogP contribution in [0.25, 0.3) is 5.65 Å². The van der Waals surface area contributed by atoms with Crippen LogP contribution in [-0.4, -0.2) is 27.7 Å². The summed E-state index contributed by atoms with van der Waals surface area (Å²) in [7, 11) is 0. The molecule has 1 aliphatic heterocycles. The number of carbonyl (C=O) groups is 2. The number of hydrogen-bond donors (Lipinski definition) is 1. The van der Waals surface area contributed by atoms with Crippen LogP contribution < -0.4 is 15.0 Å². The van der Waals surface area contributed by atoms with E-state index in [0.717, 1.165) is 35.6 Å². The number of rotatable bonds is 7. The molecule has 3 heterocycles. The summed E-state index contributed by atoms with van der Waals surface area (Å²) in [5, 5.41) is 2.93. The topological polar surface area (TPSA) is 75.9 Å². The molecule has 7 heteroatoms. The van der Waals surface area contributed by atoms with Crippen LogP contribution >= 0.6 is 0 Å². The minimum atomic E-state index is -0.152. The van der Waals surface area contributed by atoms with Crippen LogP contribution in [0.15, 0.2) is 79.1 Å². The third-order valence-electron chi connectivity index (χ3n) is 5.69. The number of imidazole rings is 1. The monoisotopic (exact) mass is 440 g/mol. The van der Waals surface area contributed by atoms with E-state index in [0.29, 0.717) is 30.9 Å². The first-order chi connectivity index (χ1) is 16.2. The fraction of sp³-hybridized carbons (Fsp3) is 0.192. The average Bonchev–Trinajstić information content (AvgIpc) is 3.47. The summed E-state index contributed by atoms with van der Waals surface area (Å²) in [5.74, 6) is 0.693. The average molecular weight is 441 g/mol. The van der Waals surface area contributed by atoms with Crippen molar-refractivity contribution in [1.82, 2.24) is 14.7 Å². The van der Waals surface area contributed by atoms with Crippen LogP contribution in [0, 0.1) is 0 Å². The van der Waals surface area contributed by atoms with Gasteiger partial charge in [0.15, 0.2) is 0 Å². The van der Waals surface area contributed by atoms with Gasteiger partial charge in [0, 0.05) is 43.2 Å². The molecule has 5 rings (SSSR count). The van der Waals surface area contributed by atoms with Gasteiger partial charge in [0.2, 0.25) is 5.91 Å². The van der Waals surface area contributed by atoms with Crippen molar-refractivity contribution in [3.63, 3.8) is 0 Å². The van der Waals surface area contributed by atoms with E-state index in [1.165, 1.54) is 0 Å². The van der Waals surface area contributed by atoms with E-state index in [1.54, 1.807) is 29.2 Å². The number of carbonyl (C=O) groups excluding carboxylic acids is 2. The Bertz CT molecular complexity index is 1250. The van der Waals surface area contributed by atoms with Gasteiger partial charge < -0.3 is 19.4 Å². The highest BCUT2D eigenvalue weighted by molar-refractivity contribution is 5.95. The molecule has 1 fully saturated rings. The zero-order chi connectivity index (χ0) is 22.6. The van der Waals surface area contributed by atoms with Crippen molar-refractivity contribution in [3.8, 4) is 5.75 Å². The van der Waals surface area contributed by atoms with E-state index >= 15 is 0 Å². The molecule has 166 valence electrons. The molecule has 2 aromatic heterocycles. The van der Waals surface area contributed by atoms with Gasteiger partial charge >= 0.3 is 0 Å². The van der Waals surface area contributed by atoms with Crippen LogP contribution in [0.5, 0.6) is 5.75 Å². The quantitative estimate of drug-likeness (QED) is 0.472. The molecule has 0 unspecified atom stereocenters. The molecule has 1 aliphatic rings. The Labute approximate surface area is 191 Å². The highest BCUT2D eigenvalue weighted by Gasteiger charge is 2.21. The lowest BCUT2D eigenvalue weighted by atomic mass is 10.1. The van der Waals surface area contributed by atoms with Gasteiger partial charge in [-0.2, -0.15) is 0 Å². The summed E-state index contributed by atoms with van der Waals surface area (Å²) in [6.07, 6.45) is 5.40. The van der Waals surface area contributed by atoms with E-state index in [9.17, 15) is 9.59 Å². The van der Waals surface area contributed by atoms with Gasteiger partial charge in [0.05, 0.1) is 5.69 Å². The Morgan fingerprint density at radius 1 is 1.03 bits per heavy atom. The summed E-state index contributed by atoms with van der Waals surface area (Å²) < 4.78 is 7.76. The van der Waals surface area contributed by atoms with Gasteiger partial charge in [-0.25, -0.2) is 4.98 Å². The molecule has 4 aromatic rings. The largest absolute Gasteiger partial charge is 0.487 e. The first kappa shape index (κ1) is 20.8. The Morgan fingerprint density at radius 2 is 1.85 bits per heavy atom. The maximum absolute atomic E-state index is 12.5. The van der Waals surface area contributed by atoms with E-state index in [-0.39, 0.29) is 11.8 Å². The van der Waals surface area contributed by atoms with Gasteiger partial charge in [0.1, 0.15) is 18.0 Å². The molecule has 33 heavy (non-hydrogen) atoms. The Morgan fingerprint density at radius 3 is 2.58 bits per heavy atom. The van der Waals surface area contributed by atoms with Crippen molar-refractivity contribution in [3.05, 3.63) is 95.9 Å². The lowest BCUT2D eigenvalue weighted by Crippen LogP contribution is -2.24. The number of fused-ring (bicyclic) bond motifs is 1. The van der Waals surface area contributed by atoms with Gasteiger partial charge in [0.25, 0.3) is 5.91 Å². The molecule has 0 aliphatic carbocycles. The Kier molecular flexibility index (Phi) is 5.76. The molecule has 1 saturated heterocycles. The van der Waals surface area contributed by atoms with Crippen LogP contribution in [0.2, 0.25) is 0 Å². The minimum absolute atomic E-state index is 0.152. The molecule has 0 saturated carbocycles. The summed E-state index contributed by atoms with van der Waals surface area (Å²) in [4.78, 5) is 30.7. The molecule has 2 aromatic carbocycles. The van der Waals surface area contributed by atoms with Crippen LogP contribution in [0.3, 0.4) is 0 Å². The zero-order valence-electron chi connectivity index (χ0n) is 18.1. The van der Waals surface area contributed by atoms with Crippen molar-refractivity contribution < 1.29 is 14.3 Å². The number of nitrogens with one attached hydrogen (secondary N) is 1. The van der Waals surface area contributed by atoms with Crippen molar-refractivity contribution in [2.75, 3.05) is 11.4 Å². The molecule has 0 bridgehead atoms. The SMILES string of the molecule is O=C(NCc1ccc(N2CCCC2=O)cc1)c1ccc(OCc2cn3ccccc3n2)cc1. The minimum Gasteiger partial charge on any atom is -0.487 e. The van der Waals surface area contributed by atoms with Gasteiger partial charge in [-0.15, -0.1) is 0 Å². The van der Waals surface area contributed by atoms with Crippen molar-refractivity contribution in [2.45, 2.75) is 26.0 Å². The first-order valence-corrected chi connectivity index (χ1v) is 11.0. The maximum atomic E-state index is 12.5. The molecule has 0 atom stereocenters. The lowest BCUT2D eigenvalue weighted by molar-refractivity contribution is -0.117. The molecule has 0 spiro atoms. The number of benzene rings is 2. The number of ether oxygens (including phenoxy) is 1. The fourth-order valence-corrected chi connectivity index (χ4v) is 3.92. The summed E-state index contributed by atoms with van der Waals surface area (Å²) >= 11 is 0. The van der Waals surface area contributed by atoms with E-state index in [2.05, 4.69) is 10.3 Å². The van der Waals surface area contributed by atoms with Gasteiger partial charge in [-0.3, -0.25) is 9.59 Å². The smallest absolute Gasteiger partial charge is 0.251 e. The predicted octanol–water partition coefficient (Wildman–Crippen LogP) is 3.97. The molecule has 2 amide bonds. The second-order valence-electron chi connectivity index (χ2n) is 8.01. The Hall–Kier alpha value is -4.13. The number of hydrogen-bond acceptors (Lipinski definition) is 4. The highest BCUT2D eigenvalue weighted by atomic mass is 16.5. The number of aromatic nitrogens is 2.